The molecule has 0 spiro atoms. The Balaban J connectivity index is 2.02. The van der Waals surface area contributed by atoms with Crippen LogP contribution in [-0.2, 0) is 13.0 Å². The van der Waals surface area contributed by atoms with Gasteiger partial charge in [-0.3, -0.25) is 9.59 Å². The van der Waals surface area contributed by atoms with Crippen LogP contribution < -0.4 is 10.7 Å². The van der Waals surface area contributed by atoms with Gasteiger partial charge in [-0.15, -0.1) is 0 Å². The van der Waals surface area contributed by atoms with E-state index in [1.54, 1.807) is 30.3 Å². The number of nitrogens with zero attached hydrogens (tertiary/aromatic N) is 1. The standard InChI is InChI=1S/C22H21ClN2O2/c1-3-17-13-20(26)21(22(27)24-19-12-8-7-11-18(19)23)15(2)25(17)14-16-9-5-4-6-10-16/h4-13H,3,14H2,1-2H3,(H,24,27). The number of aromatic nitrogens is 1. The van der Waals surface area contributed by atoms with Crippen LogP contribution in [0.5, 0.6) is 0 Å². The lowest BCUT2D eigenvalue weighted by atomic mass is 10.1. The monoisotopic (exact) mass is 380 g/mol. The smallest absolute Gasteiger partial charge is 0.261 e. The van der Waals surface area contributed by atoms with Gasteiger partial charge in [-0.1, -0.05) is 61.0 Å². The molecular formula is C22H21ClN2O2. The fraction of sp³-hybridized carbons (Fsp3) is 0.182. The van der Waals surface area contributed by atoms with Crippen molar-refractivity contribution in [2.45, 2.75) is 26.8 Å². The van der Waals surface area contributed by atoms with E-state index in [0.717, 1.165) is 11.3 Å². The summed E-state index contributed by atoms with van der Waals surface area (Å²) in [5, 5.41) is 3.18. The van der Waals surface area contributed by atoms with E-state index in [1.165, 1.54) is 0 Å². The summed E-state index contributed by atoms with van der Waals surface area (Å²) in [5.41, 5.74) is 3.00. The molecule has 1 heterocycles. The number of hydrogen-bond donors (Lipinski definition) is 1. The second-order valence-electron chi connectivity index (χ2n) is 6.32. The lowest BCUT2D eigenvalue weighted by Crippen LogP contribution is -2.28. The lowest BCUT2D eigenvalue weighted by molar-refractivity contribution is 0.102. The van der Waals surface area contributed by atoms with Gasteiger partial charge in [0, 0.05) is 24.0 Å². The highest BCUT2D eigenvalue weighted by atomic mass is 35.5. The maximum absolute atomic E-state index is 12.8. The van der Waals surface area contributed by atoms with Crippen LogP contribution in [-0.4, -0.2) is 10.5 Å². The zero-order valence-corrected chi connectivity index (χ0v) is 16.1. The van der Waals surface area contributed by atoms with Crippen LogP contribution in [0.2, 0.25) is 5.02 Å². The Labute approximate surface area is 163 Å². The van der Waals surface area contributed by atoms with Crippen LogP contribution in [0.1, 0.15) is 34.2 Å². The molecule has 3 aromatic rings. The predicted molar refractivity (Wildman–Crippen MR) is 110 cm³/mol. The number of rotatable bonds is 5. The predicted octanol–water partition coefficient (Wildman–Crippen LogP) is 4.67. The molecule has 0 radical (unpaired) electrons. The highest BCUT2D eigenvalue weighted by Crippen LogP contribution is 2.21. The number of pyridine rings is 1. The summed E-state index contributed by atoms with van der Waals surface area (Å²) < 4.78 is 2.03. The molecule has 0 unspecified atom stereocenters. The van der Waals surface area contributed by atoms with Gasteiger partial charge in [0.25, 0.3) is 5.91 Å². The topological polar surface area (TPSA) is 51.1 Å². The molecule has 2 aromatic carbocycles. The number of hydrogen-bond acceptors (Lipinski definition) is 2. The average Bonchev–Trinajstić information content (AvgIpc) is 2.66. The summed E-state index contributed by atoms with van der Waals surface area (Å²) in [6.07, 6.45) is 0.704. The van der Waals surface area contributed by atoms with E-state index >= 15 is 0 Å². The molecule has 0 aliphatic rings. The molecule has 0 fully saturated rings. The van der Waals surface area contributed by atoms with Crippen molar-refractivity contribution in [2.24, 2.45) is 0 Å². The van der Waals surface area contributed by atoms with Crippen molar-refractivity contribution in [2.75, 3.05) is 5.32 Å². The van der Waals surface area contributed by atoms with E-state index in [-0.39, 0.29) is 11.0 Å². The molecule has 1 amide bonds. The molecule has 0 bridgehead atoms. The highest BCUT2D eigenvalue weighted by molar-refractivity contribution is 6.33. The van der Waals surface area contributed by atoms with Crippen LogP contribution in [0.25, 0.3) is 0 Å². The van der Waals surface area contributed by atoms with Gasteiger partial charge in [0.2, 0.25) is 0 Å². The minimum absolute atomic E-state index is 0.142. The third kappa shape index (κ3) is 4.12. The Hall–Kier alpha value is -2.85. The number of amides is 1. The first kappa shape index (κ1) is 18.9. The Morgan fingerprint density at radius 3 is 2.41 bits per heavy atom. The average molecular weight is 381 g/mol. The number of anilines is 1. The molecule has 4 nitrogen and oxygen atoms in total. The van der Waals surface area contributed by atoms with Crippen molar-refractivity contribution < 1.29 is 4.79 Å². The zero-order valence-electron chi connectivity index (χ0n) is 15.3. The number of para-hydroxylation sites is 1. The molecule has 0 saturated carbocycles. The normalized spacial score (nSPS) is 10.6. The summed E-state index contributed by atoms with van der Waals surface area (Å²) in [7, 11) is 0. The zero-order chi connectivity index (χ0) is 19.4. The molecular weight excluding hydrogens is 360 g/mol. The number of carbonyl (C=O) groups excluding carboxylic acids is 1. The number of nitrogens with one attached hydrogen (secondary N) is 1. The summed E-state index contributed by atoms with van der Waals surface area (Å²) in [4.78, 5) is 25.5. The molecule has 0 aliphatic carbocycles. The molecule has 0 saturated heterocycles. The van der Waals surface area contributed by atoms with Gasteiger partial charge < -0.3 is 9.88 Å². The summed E-state index contributed by atoms with van der Waals surface area (Å²) in [6.45, 7) is 4.41. The first-order chi connectivity index (χ1) is 13.0. The molecule has 3 rings (SSSR count). The SMILES string of the molecule is CCc1cc(=O)c(C(=O)Nc2ccccc2Cl)c(C)n1Cc1ccccc1. The molecule has 1 N–H and O–H groups in total. The first-order valence-corrected chi connectivity index (χ1v) is 9.22. The largest absolute Gasteiger partial charge is 0.343 e. The Bertz CT molecular complexity index is 1030. The fourth-order valence-electron chi connectivity index (χ4n) is 3.13. The molecule has 5 heteroatoms. The van der Waals surface area contributed by atoms with E-state index in [1.807, 2.05) is 48.7 Å². The minimum atomic E-state index is -0.449. The highest BCUT2D eigenvalue weighted by Gasteiger charge is 2.19. The van der Waals surface area contributed by atoms with Gasteiger partial charge in [0.15, 0.2) is 5.43 Å². The lowest BCUT2D eigenvalue weighted by Gasteiger charge is -2.19. The quantitative estimate of drug-likeness (QED) is 0.699. The van der Waals surface area contributed by atoms with E-state index in [4.69, 9.17) is 11.6 Å². The van der Waals surface area contributed by atoms with Gasteiger partial charge in [-0.25, -0.2) is 0 Å². The summed E-state index contributed by atoms with van der Waals surface area (Å²) in [5.74, 6) is -0.449. The molecule has 138 valence electrons. The van der Waals surface area contributed by atoms with Crippen molar-refractivity contribution in [3.05, 3.63) is 98.4 Å². The van der Waals surface area contributed by atoms with Crippen molar-refractivity contribution >= 4 is 23.2 Å². The van der Waals surface area contributed by atoms with E-state index < -0.39 is 5.91 Å². The van der Waals surface area contributed by atoms with E-state index in [9.17, 15) is 9.59 Å². The maximum atomic E-state index is 12.8. The third-order valence-electron chi connectivity index (χ3n) is 4.55. The number of benzene rings is 2. The fourth-order valence-corrected chi connectivity index (χ4v) is 3.32. The summed E-state index contributed by atoms with van der Waals surface area (Å²) >= 11 is 6.12. The molecule has 0 atom stereocenters. The molecule has 27 heavy (non-hydrogen) atoms. The van der Waals surface area contributed by atoms with Gasteiger partial charge in [-0.05, 0) is 31.0 Å². The summed E-state index contributed by atoms with van der Waals surface area (Å²) in [6, 6.07) is 18.5. The third-order valence-corrected chi connectivity index (χ3v) is 4.88. The van der Waals surface area contributed by atoms with Crippen molar-refractivity contribution in [1.29, 1.82) is 0 Å². The number of aryl methyl sites for hydroxylation is 1. The van der Waals surface area contributed by atoms with Gasteiger partial charge in [0.1, 0.15) is 5.56 Å². The van der Waals surface area contributed by atoms with Gasteiger partial charge in [0.05, 0.1) is 10.7 Å². The van der Waals surface area contributed by atoms with Gasteiger partial charge in [-0.2, -0.15) is 0 Å². The van der Waals surface area contributed by atoms with Crippen LogP contribution in [0.3, 0.4) is 0 Å². The number of carbonyl (C=O) groups is 1. The van der Waals surface area contributed by atoms with Gasteiger partial charge >= 0.3 is 0 Å². The van der Waals surface area contributed by atoms with E-state index in [0.29, 0.717) is 29.4 Å². The Kier molecular flexibility index (Phi) is 5.77. The van der Waals surface area contributed by atoms with E-state index in [2.05, 4.69) is 5.32 Å². The van der Waals surface area contributed by atoms with Crippen LogP contribution in [0.4, 0.5) is 5.69 Å². The minimum Gasteiger partial charge on any atom is -0.343 e. The number of halogens is 1. The first-order valence-electron chi connectivity index (χ1n) is 8.84. The second kappa shape index (κ2) is 8.23. The van der Waals surface area contributed by atoms with Crippen LogP contribution in [0.15, 0.2) is 65.5 Å². The molecule has 1 aromatic heterocycles. The van der Waals surface area contributed by atoms with Crippen molar-refractivity contribution in [3.8, 4) is 0 Å². The second-order valence-corrected chi connectivity index (χ2v) is 6.73. The van der Waals surface area contributed by atoms with Crippen LogP contribution >= 0.6 is 11.6 Å². The molecule has 0 aliphatic heterocycles. The van der Waals surface area contributed by atoms with Crippen LogP contribution in [0, 0.1) is 6.92 Å². The van der Waals surface area contributed by atoms with Crippen molar-refractivity contribution in [3.63, 3.8) is 0 Å². The Morgan fingerprint density at radius 1 is 1.07 bits per heavy atom. The maximum Gasteiger partial charge on any atom is 0.261 e. The Morgan fingerprint density at radius 2 is 1.74 bits per heavy atom. The van der Waals surface area contributed by atoms with Crippen molar-refractivity contribution in [1.82, 2.24) is 4.57 Å².